The second kappa shape index (κ2) is 6.86. The Kier molecular flexibility index (Phi) is 4.79. The van der Waals surface area contributed by atoms with Crippen molar-refractivity contribution in [2.75, 3.05) is 6.54 Å². The Morgan fingerprint density at radius 3 is 2.72 bits per heavy atom. The number of amides is 4. The van der Waals surface area contributed by atoms with E-state index in [2.05, 4.69) is 10.6 Å². The Morgan fingerprint density at radius 1 is 1.28 bits per heavy atom. The normalized spacial score (nSPS) is 22.3. The van der Waals surface area contributed by atoms with E-state index in [0.29, 0.717) is 6.42 Å². The highest BCUT2D eigenvalue weighted by Crippen LogP contribution is 2.39. The van der Waals surface area contributed by atoms with Gasteiger partial charge in [-0.3, -0.25) is 14.5 Å². The molecule has 6 heteroatoms. The number of carbonyl (C=O) groups is 3. The van der Waals surface area contributed by atoms with Crippen LogP contribution >= 0.6 is 0 Å². The molecule has 1 unspecified atom stereocenters. The van der Waals surface area contributed by atoms with Crippen molar-refractivity contribution in [3.05, 3.63) is 35.4 Å². The Hall–Kier alpha value is -2.37. The predicted octanol–water partition coefficient (Wildman–Crippen LogP) is 2.07. The average Bonchev–Trinajstić information content (AvgIpc) is 2.85. The van der Waals surface area contributed by atoms with Gasteiger partial charge in [0.15, 0.2) is 0 Å². The smallest absolute Gasteiger partial charge is 0.325 e. The third kappa shape index (κ3) is 3.01. The van der Waals surface area contributed by atoms with Crippen LogP contribution in [0.4, 0.5) is 4.79 Å². The molecule has 6 nitrogen and oxygen atoms in total. The molecule has 1 aromatic carbocycles. The molecule has 2 N–H and O–H groups in total. The van der Waals surface area contributed by atoms with Crippen molar-refractivity contribution in [2.24, 2.45) is 0 Å². The van der Waals surface area contributed by atoms with Gasteiger partial charge in [-0.2, -0.15) is 0 Å². The van der Waals surface area contributed by atoms with Gasteiger partial charge >= 0.3 is 6.03 Å². The molecule has 0 radical (unpaired) electrons. The maximum atomic E-state index is 13.1. The van der Waals surface area contributed by atoms with Gasteiger partial charge in [-0.1, -0.05) is 38.1 Å². The van der Waals surface area contributed by atoms with Gasteiger partial charge in [0, 0.05) is 6.04 Å². The summed E-state index contributed by atoms with van der Waals surface area (Å²) in [5.74, 6) is -0.609. The van der Waals surface area contributed by atoms with E-state index in [-0.39, 0.29) is 24.4 Å². The third-order valence-corrected chi connectivity index (χ3v) is 5.30. The van der Waals surface area contributed by atoms with E-state index < -0.39 is 11.6 Å². The van der Waals surface area contributed by atoms with Gasteiger partial charge in [0.25, 0.3) is 5.91 Å². The number of imide groups is 1. The second-order valence-corrected chi connectivity index (χ2v) is 6.82. The molecule has 1 saturated heterocycles. The highest BCUT2D eigenvalue weighted by molar-refractivity contribution is 6.09. The lowest BCUT2D eigenvalue weighted by molar-refractivity contribution is -0.135. The molecular weight excluding hydrogens is 318 g/mol. The van der Waals surface area contributed by atoms with Gasteiger partial charge in [-0.05, 0) is 43.2 Å². The third-order valence-electron chi connectivity index (χ3n) is 5.30. The monoisotopic (exact) mass is 343 g/mol. The SMILES string of the molecule is CCC(CC)NC(=O)CN1C(=O)NC2(CCCc3ccccc32)C1=O. The average molecular weight is 343 g/mol. The van der Waals surface area contributed by atoms with Crippen molar-refractivity contribution in [3.63, 3.8) is 0 Å². The minimum absolute atomic E-state index is 0.0673. The summed E-state index contributed by atoms with van der Waals surface area (Å²) < 4.78 is 0. The fourth-order valence-electron chi connectivity index (χ4n) is 3.86. The summed E-state index contributed by atoms with van der Waals surface area (Å²) in [7, 11) is 0. The number of nitrogens with one attached hydrogen (secondary N) is 2. The highest BCUT2D eigenvalue weighted by atomic mass is 16.2. The van der Waals surface area contributed by atoms with Gasteiger partial charge in [0.05, 0.1) is 0 Å². The summed E-state index contributed by atoms with van der Waals surface area (Å²) in [6.45, 7) is 3.76. The number of hydrogen-bond acceptors (Lipinski definition) is 3. The van der Waals surface area contributed by atoms with Crippen LogP contribution in [0.15, 0.2) is 24.3 Å². The number of urea groups is 1. The molecule has 1 heterocycles. The molecule has 0 saturated carbocycles. The van der Waals surface area contributed by atoms with Crippen molar-refractivity contribution >= 4 is 17.8 Å². The van der Waals surface area contributed by atoms with Gasteiger partial charge in [-0.25, -0.2) is 4.79 Å². The molecule has 1 aromatic rings. The number of aryl methyl sites for hydroxylation is 1. The number of benzene rings is 1. The first-order valence-corrected chi connectivity index (χ1v) is 9.03. The summed E-state index contributed by atoms with van der Waals surface area (Å²) >= 11 is 0. The zero-order valence-electron chi connectivity index (χ0n) is 14.8. The summed E-state index contributed by atoms with van der Waals surface area (Å²) in [5.41, 5.74) is 0.939. The molecule has 4 amide bonds. The molecule has 0 aromatic heterocycles. The molecule has 1 aliphatic heterocycles. The first kappa shape index (κ1) is 17.5. The molecular formula is C19H25N3O3. The zero-order valence-corrected chi connectivity index (χ0v) is 14.8. The Labute approximate surface area is 148 Å². The summed E-state index contributed by atoms with van der Waals surface area (Å²) in [5, 5.41) is 5.75. The van der Waals surface area contributed by atoms with Crippen LogP contribution in [-0.4, -0.2) is 35.3 Å². The van der Waals surface area contributed by atoms with E-state index in [1.165, 1.54) is 0 Å². The lowest BCUT2D eigenvalue weighted by atomic mass is 9.76. The fourth-order valence-corrected chi connectivity index (χ4v) is 3.86. The van der Waals surface area contributed by atoms with Crippen molar-refractivity contribution in [3.8, 4) is 0 Å². The minimum Gasteiger partial charge on any atom is -0.352 e. The van der Waals surface area contributed by atoms with Crippen LogP contribution in [-0.2, 0) is 21.5 Å². The van der Waals surface area contributed by atoms with Crippen molar-refractivity contribution < 1.29 is 14.4 Å². The number of nitrogens with zero attached hydrogens (tertiary/aromatic N) is 1. The standard InChI is InChI=1S/C19H25N3O3/c1-3-14(4-2)20-16(23)12-22-17(24)19(21-18(22)25)11-7-9-13-8-5-6-10-15(13)19/h5-6,8,10,14H,3-4,7,9,11-12H2,1-2H3,(H,20,23)(H,21,25). The summed E-state index contributed by atoms with van der Waals surface area (Å²) in [4.78, 5) is 38.8. The number of rotatable bonds is 5. The largest absolute Gasteiger partial charge is 0.352 e. The van der Waals surface area contributed by atoms with E-state index in [1.807, 2.05) is 38.1 Å². The fraction of sp³-hybridized carbons (Fsp3) is 0.526. The van der Waals surface area contributed by atoms with E-state index >= 15 is 0 Å². The van der Waals surface area contributed by atoms with Crippen LogP contribution in [0.25, 0.3) is 0 Å². The molecule has 3 rings (SSSR count). The van der Waals surface area contributed by atoms with Gasteiger partial charge in [0.1, 0.15) is 12.1 Å². The van der Waals surface area contributed by atoms with Crippen molar-refractivity contribution in [1.29, 1.82) is 0 Å². The zero-order chi connectivity index (χ0) is 18.0. The van der Waals surface area contributed by atoms with Crippen molar-refractivity contribution in [2.45, 2.75) is 57.5 Å². The maximum Gasteiger partial charge on any atom is 0.325 e. The van der Waals surface area contributed by atoms with E-state index in [1.54, 1.807) is 0 Å². The Bertz CT molecular complexity index is 699. The number of hydrogen-bond donors (Lipinski definition) is 2. The first-order valence-electron chi connectivity index (χ1n) is 9.03. The van der Waals surface area contributed by atoms with Crippen molar-refractivity contribution in [1.82, 2.24) is 15.5 Å². The van der Waals surface area contributed by atoms with Crippen LogP contribution in [0.2, 0.25) is 0 Å². The Balaban J connectivity index is 1.81. The molecule has 0 bridgehead atoms. The van der Waals surface area contributed by atoms with E-state index in [0.717, 1.165) is 41.7 Å². The van der Waals surface area contributed by atoms with E-state index in [9.17, 15) is 14.4 Å². The Morgan fingerprint density at radius 2 is 2.00 bits per heavy atom. The second-order valence-electron chi connectivity index (χ2n) is 6.82. The molecule has 25 heavy (non-hydrogen) atoms. The molecule has 1 atom stereocenters. The van der Waals surface area contributed by atoms with Gasteiger partial charge < -0.3 is 10.6 Å². The maximum absolute atomic E-state index is 13.1. The topological polar surface area (TPSA) is 78.5 Å². The molecule has 1 fully saturated rings. The summed E-state index contributed by atoms with van der Waals surface area (Å²) in [6.07, 6.45) is 3.94. The lowest BCUT2D eigenvalue weighted by Crippen LogP contribution is -2.47. The first-order chi connectivity index (χ1) is 12.0. The lowest BCUT2D eigenvalue weighted by Gasteiger charge is -2.33. The molecule has 134 valence electrons. The van der Waals surface area contributed by atoms with Gasteiger partial charge in [0.2, 0.25) is 5.91 Å². The van der Waals surface area contributed by atoms with Crippen LogP contribution in [0.5, 0.6) is 0 Å². The van der Waals surface area contributed by atoms with Crippen LogP contribution in [0.1, 0.15) is 50.7 Å². The van der Waals surface area contributed by atoms with Crippen LogP contribution in [0.3, 0.4) is 0 Å². The quantitative estimate of drug-likeness (QED) is 0.804. The predicted molar refractivity (Wildman–Crippen MR) is 93.8 cm³/mol. The number of fused-ring (bicyclic) bond motifs is 2. The van der Waals surface area contributed by atoms with E-state index in [4.69, 9.17) is 0 Å². The van der Waals surface area contributed by atoms with Gasteiger partial charge in [-0.15, -0.1) is 0 Å². The number of carbonyl (C=O) groups excluding carboxylic acids is 3. The summed E-state index contributed by atoms with van der Waals surface area (Å²) in [6, 6.07) is 7.31. The molecule has 2 aliphatic rings. The highest BCUT2D eigenvalue weighted by Gasteiger charge is 2.54. The minimum atomic E-state index is -1.01. The molecule has 1 aliphatic carbocycles. The van der Waals surface area contributed by atoms with Crippen LogP contribution < -0.4 is 10.6 Å². The molecule has 1 spiro atoms. The van der Waals surface area contributed by atoms with Crippen LogP contribution in [0, 0.1) is 0 Å².